The van der Waals surface area contributed by atoms with Crippen molar-refractivity contribution in [1.29, 1.82) is 0 Å². The largest absolute Gasteiger partial charge is 0.343 e. The Hall–Kier alpha value is -1.73. The van der Waals surface area contributed by atoms with Crippen molar-refractivity contribution in [2.75, 3.05) is 6.54 Å². The van der Waals surface area contributed by atoms with Crippen LogP contribution in [-0.4, -0.2) is 27.4 Å². The second-order valence-electron chi connectivity index (χ2n) is 3.87. The molecule has 2 aromatic heterocycles. The van der Waals surface area contributed by atoms with E-state index in [1.807, 2.05) is 24.4 Å². The summed E-state index contributed by atoms with van der Waals surface area (Å²) >= 11 is 1.61. The first kappa shape index (κ1) is 12.7. The SMILES string of the molecule is C[C@H](NC(=O)c1cn(CCN)nn1)c1cccs1. The van der Waals surface area contributed by atoms with E-state index in [-0.39, 0.29) is 11.9 Å². The van der Waals surface area contributed by atoms with Gasteiger partial charge in [-0.25, -0.2) is 0 Å². The minimum absolute atomic E-state index is 0.0304. The first-order chi connectivity index (χ1) is 8.70. The summed E-state index contributed by atoms with van der Waals surface area (Å²) in [7, 11) is 0. The lowest BCUT2D eigenvalue weighted by atomic mass is 10.2. The summed E-state index contributed by atoms with van der Waals surface area (Å²) < 4.78 is 1.56. The van der Waals surface area contributed by atoms with E-state index >= 15 is 0 Å². The molecule has 2 rings (SSSR count). The highest BCUT2D eigenvalue weighted by Gasteiger charge is 2.14. The van der Waals surface area contributed by atoms with Crippen LogP contribution in [0.15, 0.2) is 23.7 Å². The molecule has 18 heavy (non-hydrogen) atoms. The number of hydrogen-bond donors (Lipinski definition) is 2. The van der Waals surface area contributed by atoms with E-state index in [2.05, 4.69) is 15.6 Å². The Bertz CT molecular complexity index is 507. The molecule has 0 aliphatic heterocycles. The second kappa shape index (κ2) is 5.74. The Morgan fingerprint density at radius 2 is 2.50 bits per heavy atom. The topological polar surface area (TPSA) is 85.8 Å². The van der Waals surface area contributed by atoms with E-state index < -0.39 is 0 Å². The molecular formula is C11H15N5OS. The third kappa shape index (κ3) is 2.93. The Morgan fingerprint density at radius 1 is 1.67 bits per heavy atom. The zero-order valence-corrected chi connectivity index (χ0v) is 10.9. The van der Waals surface area contributed by atoms with Gasteiger partial charge in [0.15, 0.2) is 5.69 Å². The van der Waals surface area contributed by atoms with Crippen LogP contribution in [0.3, 0.4) is 0 Å². The summed E-state index contributed by atoms with van der Waals surface area (Å²) in [5, 5.41) is 12.5. The quantitative estimate of drug-likeness (QED) is 0.837. The Labute approximate surface area is 109 Å². The molecule has 3 N–H and O–H groups in total. The monoisotopic (exact) mass is 265 g/mol. The number of carbonyl (C=O) groups is 1. The minimum Gasteiger partial charge on any atom is -0.343 e. The lowest BCUT2D eigenvalue weighted by molar-refractivity contribution is 0.0935. The Kier molecular flexibility index (Phi) is 4.06. The average molecular weight is 265 g/mol. The van der Waals surface area contributed by atoms with Gasteiger partial charge < -0.3 is 11.1 Å². The summed E-state index contributed by atoms with van der Waals surface area (Å²) in [6.07, 6.45) is 1.60. The maximum absolute atomic E-state index is 11.9. The fraction of sp³-hybridized carbons (Fsp3) is 0.364. The number of aromatic nitrogens is 3. The average Bonchev–Trinajstić information content (AvgIpc) is 3.00. The molecule has 0 aliphatic carbocycles. The van der Waals surface area contributed by atoms with Crippen molar-refractivity contribution in [2.24, 2.45) is 5.73 Å². The number of nitrogens with one attached hydrogen (secondary N) is 1. The number of nitrogens with two attached hydrogens (primary N) is 1. The molecule has 0 aromatic carbocycles. The van der Waals surface area contributed by atoms with Crippen LogP contribution in [0.1, 0.15) is 28.3 Å². The van der Waals surface area contributed by atoms with Crippen LogP contribution in [0.4, 0.5) is 0 Å². The smallest absolute Gasteiger partial charge is 0.273 e. The molecule has 0 radical (unpaired) electrons. The van der Waals surface area contributed by atoms with Gasteiger partial charge in [-0.1, -0.05) is 11.3 Å². The van der Waals surface area contributed by atoms with Gasteiger partial charge >= 0.3 is 0 Å². The van der Waals surface area contributed by atoms with Gasteiger partial charge in [-0.3, -0.25) is 9.48 Å². The summed E-state index contributed by atoms with van der Waals surface area (Å²) in [4.78, 5) is 13.0. The lowest BCUT2D eigenvalue weighted by Crippen LogP contribution is -2.26. The van der Waals surface area contributed by atoms with Crippen molar-refractivity contribution in [3.63, 3.8) is 0 Å². The molecule has 0 saturated carbocycles. The third-order valence-electron chi connectivity index (χ3n) is 2.45. The van der Waals surface area contributed by atoms with Gasteiger partial charge in [0.1, 0.15) is 0 Å². The molecule has 1 amide bonds. The van der Waals surface area contributed by atoms with Crippen LogP contribution in [0.5, 0.6) is 0 Å². The van der Waals surface area contributed by atoms with Gasteiger partial charge in [0.25, 0.3) is 5.91 Å². The van der Waals surface area contributed by atoms with E-state index in [4.69, 9.17) is 5.73 Å². The van der Waals surface area contributed by atoms with Gasteiger partial charge in [-0.05, 0) is 18.4 Å². The number of thiophene rings is 1. The van der Waals surface area contributed by atoms with Crippen LogP contribution >= 0.6 is 11.3 Å². The zero-order chi connectivity index (χ0) is 13.0. The fourth-order valence-electron chi connectivity index (χ4n) is 1.52. The van der Waals surface area contributed by atoms with Crippen LogP contribution < -0.4 is 11.1 Å². The standard InChI is InChI=1S/C11H15N5OS/c1-8(10-3-2-6-18-10)13-11(17)9-7-16(5-4-12)15-14-9/h2-3,6-8H,4-5,12H2,1H3,(H,13,17)/t8-/m0/s1. The Morgan fingerprint density at radius 3 is 3.17 bits per heavy atom. The second-order valence-corrected chi connectivity index (χ2v) is 4.85. The van der Waals surface area contributed by atoms with Gasteiger partial charge in [0.05, 0.1) is 18.8 Å². The number of hydrogen-bond acceptors (Lipinski definition) is 5. The molecule has 0 fully saturated rings. The van der Waals surface area contributed by atoms with Gasteiger partial charge in [0.2, 0.25) is 0 Å². The van der Waals surface area contributed by atoms with E-state index in [1.54, 1.807) is 22.2 Å². The van der Waals surface area contributed by atoms with Crippen LogP contribution in [-0.2, 0) is 6.54 Å². The minimum atomic E-state index is -0.223. The summed E-state index contributed by atoms with van der Waals surface area (Å²) in [6, 6.07) is 3.92. The van der Waals surface area contributed by atoms with Crippen molar-refractivity contribution in [2.45, 2.75) is 19.5 Å². The predicted octanol–water partition coefficient (Wildman–Crippen LogP) is 0.789. The van der Waals surface area contributed by atoms with Crippen LogP contribution in [0.25, 0.3) is 0 Å². The van der Waals surface area contributed by atoms with Crippen molar-refractivity contribution >= 4 is 17.2 Å². The number of carbonyl (C=O) groups excluding carboxylic acids is 1. The number of nitrogens with zero attached hydrogens (tertiary/aromatic N) is 3. The summed E-state index contributed by atoms with van der Waals surface area (Å²) in [5.41, 5.74) is 5.71. The van der Waals surface area contributed by atoms with Crippen molar-refractivity contribution < 1.29 is 4.79 Å². The molecule has 96 valence electrons. The molecule has 1 atom stereocenters. The molecule has 2 heterocycles. The summed E-state index contributed by atoms with van der Waals surface area (Å²) in [6.45, 7) is 2.96. The molecule has 0 spiro atoms. The van der Waals surface area contributed by atoms with Gasteiger partial charge in [-0.15, -0.1) is 16.4 Å². The van der Waals surface area contributed by atoms with Crippen molar-refractivity contribution in [3.05, 3.63) is 34.3 Å². The Balaban J connectivity index is 1.98. The molecule has 6 nitrogen and oxygen atoms in total. The van der Waals surface area contributed by atoms with Crippen molar-refractivity contribution in [1.82, 2.24) is 20.3 Å². The third-order valence-corrected chi connectivity index (χ3v) is 3.50. The van der Waals surface area contributed by atoms with Gasteiger partial charge in [0, 0.05) is 11.4 Å². The van der Waals surface area contributed by atoms with Crippen molar-refractivity contribution in [3.8, 4) is 0 Å². The summed E-state index contributed by atoms with van der Waals surface area (Å²) in [5.74, 6) is -0.223. The molecule has 0 aliphatic rings. The lowest BCUT2D eigenvalue weighted by Gasteiger charge is -2.10. The highest BCUT2D eigenvalue weighted by molar-refractivity contribution is 7.10. The van der Waals surface area contributed by atoms with E-state index in [1.165, 1.54) is 0 Å². The van der Waals surface area contributed by atoms with E-state index in [9.17, 15) is 4.79 Å². The van der Waals surface area contributed by atoms with Crippen LogP contribution in [0.2, 0.25) is 0 Å². The van der Waals surface area contributed by atoms with Crippen LogP contribution in [0, 0.1) is 0 Å². The number of amides is 1. The maximum Gasteiger partial charge on any atom is 0.273 e. The molecule has 2 aromatic rings. The predicted molar refractivity (Wildman–Crippen MR) is 69.3 cm³/mol. The van der Waals surface area contributed by atoms with E-state index in [0.29, 0.717) is 18.8 Å². The highest BCUT2D eigenvalue weighted by Crippen LogP contribution is 2.18. The zero-order valence-electron chi connectivity index (χ0n) is 10.0. The fourth-order valence-corrected chi connectivity index (χ4v) is 2.26. The number of rotatable bonds is 5. The first-order valence-electron chi connectivity index (χ1n) is 5.65. The van der Waals surface area contributed by atoms with Gasteiger partial charge in [-0.2, -0.15) is 0 Å². The normalized spacial score (nSPS) is 12.3. The maximum atomic E-state index is 11.9. The highest BCUT2D eigenvalue weighted by atomic mass is 32.1. The molecular weight excluding hydrogens is 250 g/mol. The molecule has 7 heteroatoms. The molecule has 0 bridgehead atoms. The molecule has 0 unspecified atom stereocenters. The first-order valence-corrected chi connectivity index (χ1v) is 6.53. The van der Waals surface area contributed by atoms with E-state index in [0.717, 1.165) is 4.88 Å². The molecule has 0 saturated heterocycles.